The number of hydrogen-bond acceptors (Lipinski definition) is 2. The molecule has 1 aliphatic rings. The van der Waals surface area contributed by atoms with Crippen molar-refractivity contribution in [1.29, 1.82) is 0 Å². The van der Waals surface area contributed by atoms with Crippen LogP contribution in [0, 0.1) is 6.92 Å². The van der Waals surface area contributed by atoms with Gasteiger partial charge in [-0.3, -0.25) is 0 Å². The number of hydrogen-bond donors (Lipinski definition) is 1. The summed E-state index contributed by atoms with van der Waals surface area (Å²) in [5, 5.41) is 0. The molecule has 1 aliphatic heterocycles. The van der Waals surface area contributed by atoms with Crippen LogP contribution in [-0.4, -0.2) is 24.0 Å². The Morgan fingerprint density at radius 3 is 2.83 bits per heavy atom. The number of piperidine rings is 1. The maximum absolute atomic E-state index is 6.33. The summed E-state index contributed by atoms with van der Waals surface area (Å²) in [4.78, 5) is 2.60. The van der Waals surface area contributed by atoms with Crippen LogP contribution in [-0.2, 0) is 0 Å². The van der Waals surface area contributed by atoms with Gasteiger partial charge >= 0.3 is 0 Å². The summed E-state index contributed by atoms with van der Waals surface area (Å²) in [6, 6.07) is 9.41. The molecule has 0 aliphatic carbocycles. The zero-order valence-electron chi connectivity index (χ0n) is 11.7. The first-order valence-electron chi connectivity index (χ1n) is 7.23. The fourth-order valence-corrected chi connectivity index (χ4v) is 2.95. The third-order valence-corrected chi connectivity index (χ3v) is 4.26. The number of likely N-dealkylation sites (tertiary alicyclic amines) is 1. The van der Waals surface area contributed by atoms with Gasteiger partial charge in [0.1, 0.15) is 0 Å². The number of benzene rings is 1. The molecular weight excluding hydrogens is 220 g/mol. The Morgan fingerprint density at radius 2 is 2.11 bits per heavy atom. The molecule has 0 saturated carbocycles. The topological polar surface area (TPSA) is 29.3 Å². The highest BCUT2D eigenvalue weighted by Crippen LogP contribution is 2.21. The summed E-state index contributed by atoms with van der Waals surface area (Å²) in [7, 11) is 0. The summed E-state index contributed by atoms with van der Waals surface area (Å²) < 4.78 is 0. The lowest BCUT2D eigenvalue weighted by Gasteiger charge is -2.34. The van der Waals surface area contributed by atoms with Gasteiger partial charge in [0.25, 0.3) is 0 Å². The first-order chi connectivity index (χ1) is 8.68. The van der Waals surface area contributed by atoms with Crippen molar-refractivity contribution in [1.82, 2.24) is 4.90 Å². The highest BCUT2D eigenvalue weighted by Gasteiger charge is 2.19. The Bertz CT molecular complexity index is 375. The molecule has 1 aromatic carbocycles. The highest BCUT2D eigenvalue weighted by atomic mass is 15.2. The molecule has 2 unspecified atom stereocenters. The van der Waals surface area contributed by atoms with Crippen molar-refractivity contribution in [2.45, 2.75) is 51.6 Å². The average molecular weight is 246 g/mol. The SMILES string of the molecule is Cc1ccccc1C(N)CCN1CCCCC1C. The van der Waals surface area contributed by atoms with Crippen molar-refractivity contribution in [2.24, 2.45) is 5.73 Å². The van der Waals surface area contributed by atoms with Gasteiger partial charge in [0.05, 0.1) is 0 Å². The third-order valence-electron chi connectivity index (χ3n) is 4.26. The van der Waals surface area contributed by atoms with Crippen LogP contribution < -0.4 is 5.73 Å². The van der Waals surface area contributed by atoms with Crippen LogP contribution >= 0.6 is 0 Å². The van der Waals surface area contributed by atoms with E-state index in [0.717, 1.165) is 19.0 Å². The molecule has 100 valence electrons. The summed E-state index contributed by atoms with van der Waals surface area (Å²) in [5.41, 5.74) is 8.96. The number of rotatable bonds is 4. The Morgan fingerprint density at radius 1 is 1.33 bits per heavy atom. The summed E-state index contributed by atoms with van der Waals surface area (Å²) >= 11 is 0. The average Bonchev–Trinajstić information content (AvgIpc) is 2.38. The van der Waals surface area contributed by atoms with Crippen molar-refractivity contribution in [2.75, 3.05) is 13.1 Å². The predicted molar refractivity (Wildman–Crippen MR) is 77.6 cm³/mol. The van der Waals surface area contributed by atoms with Gasteiger partial charge in [-0.25, -0.2) is 0 Å². The van der Waals surface area contributed by atoms with E-state index in [9.17, 15) is 0 Å². The molecule has 0 radical (unpaired) electrons. The lowest BCUT2D eigenvalue weighted by Crippen LogP contribution is -2.39. The fourth-order valence-electron chi connectivity index (χ4n) is 2.95. The fraction of sp³-hybridized carbons (Fsp3) is 0.625. The van der Waals surface area contributed by atoms with Gasteiger partial charge < -0.3 is 10.6 Å². The van der Waals surface area contributed by atoms with E-state index >= 15 is 0 Å². The van der Waals surface area contributed by atoms with Crippen molar-refractivity contribution in [3.8, 4) is 0 Å². The zero-order chi connectivity index (χ0) is 13.0. The molecule has 0 amide bonds. The maximum atomic E-state index is 6.33. The standard InChI is InChI=1S/C16H26N2/c1-13-7-3-4-9-15(13)16(17)10-12-18-11-6-5-8-14(18)2/h3-4,7,9,14,16H,5-6,8,10-12,17H2,1-2H3. The molecule has 2 nitrogen and oxygen atoms in total. The van der Waals surface area contributed by atoms with E-state index in [1.807, 2.05) is 0 Å². The minimum Gasteiger partial charge on any atom is -0.324 e. The molecule has 1 fully saturated rings. The molecule has 0 aromatic heterocycles. The van der Waals surface area contributed by atoms with Gasteiger partial charge in [-0.1, -0.05) is 30.7 Å². The molecule has 2 atom stereocenters. The first-order valence-corrected chi connectivity index (χ1v) is 7.23. The second-order valence-electron chi connectivity index (χ2n) is 5.63. The lowest BCUT2D eigenvalue weighted by molar-refractivity contribution is 0.155. The van der Waals surface area contributed by atoms with Crippen LogP contribution in [0.4, 0.5) is 0 Å². The van der Waals surface area contributed by atoms with E-state index in [2.05, 4.69) is 43.0 Å². The van der Waals surface area contributed by atoms with Crippen molar-refractivity contribution >= 4 is 0 Å². The van der Waals surface area contributed by atoms with Gasteiger partial charge in [0.15, 0.2) is 0 Å². The molecule has 18 heavy (non-hydrogen) atoms. The zero-order valence-corrected chi connectivity index (χ0v) is 11.7. The van der Waals surface area contributed by atoms with Crippen molar-refractivity contribution in [3.63, 3.8) is 0 Å². The second kappa shape index (κ2) is 6.35. The van der Waals surface area contributed by atoms with Gasteiger partial charge in [0, 0.05) is 18.6 Å². The van der Waals surface area contributed by atoms with E-state index < -0.39 is 0 Å². The van der Waals surface area contributed by atoms with Gasteiger partial charge in [0.2, 0.25) is 0 Å². The van der Waals surface area contributed by atoms with E-state index in [1.54, 1.807) is 0 Å². The smallest absolute Gasteiger partial charge is 0.0309 e. The number of aryl methyl sites for hydroxylation is 1. The monoisotopic (exact) mass is 246 g/mol. The Labute approximate surface area is 111 Å². The third kappa shape index (κ3) is 3.33. The van der Waals surface area contributed by atoms with Crippen molar-refractivity contribution in [3.05, 3.63) is 35.4 Å². The van der Waals surface area contributed by atoms with Crippen LogP contribution in [0.2, 0.25) is 0 Å². The van der Waals surface area contributed by atoms with Gasteiger partial charge in [-0.05, 0) is 50.8 Å². The number of nitrogens with zero attached hydrogens (tertiary/aromatic N) is 1. The van der Waals surface area contributed by atoms with Crippen LogP contribution in [0.5, 0.6) is 0 Å². The van der Waals surface area contributed by atoms with E-state index in [-0.39, 0.29) is 6.04 Å². The van der Waals surface area contributed by atoms with E-state index in [0.29, 0.717) is 0 Å². The normalized spacial score (nSPS) is 22.9. The Hall–Kier alpha value is -0.860. The van der Waals surface area contributed by atoms with Gasteiger partial charge in [-0.2, -0.15) is 0 Å². The van der Waals surface area contributed by atoms with Crippen LogP contribution in [0.1, 0.15) is 49.8 Å². The second-order valence-corrected chi connectivity index (χ2v) is 5.63. The van der Waals surface area contributed by atoms with E-state index in [4.69, 9.17) is 5.73 Å². The molecule has 1 saturated heterocycles. The molecule has 2 heteroatoms. The van der Waals surface area contributed by atoms with Crippen LogP contribution in [0.3, 0.4) is 0 Å². The largest absolute Gasteiger partial charge is 0.324 e. The van der Waals surface area contributed by atoms with Crippen LogP contribution in [0.25, 0.3) is 0 Å². The molecule has 2 N–H and O–H groups in total. The summed E-state index contributed by atoms with van der Waals surface area (Å²) in [6.07, 6.45) is 5.15. The number of nitrogens with two attached hydrogens (primary N) is 1. The molecule has 0 bridgehead atoms. The summed E-state index contributed by atoms with van der Waals surface area (Å²) in [5.74, 6) is 0. The van der Waals surface area contributed by atoms with Gasteiger partial charge in [-0.15, -0.1) is 0 Å². The lowest BCUT2D eigenvalue weighted by atomic mass is 9.98. The Kier molecular flexibility index (Phi) is 4.79. The van der Waals surface area contributed by atoms with Crippen LogP contribution in [0.15, 0.2) is 24.3 Å². The predicted octanol–water partition coefficient (Wildman–Crippen LogP) is 3.26. The quantitative estimate of drug-likeness (QED) is 0.883. The van der Waals surface area contributed by atoms with Crippen molar-refractivity contribution < 1.29 is 0 Å². The highest BCUT2D eigenvalue weighted by molar-refractivity contribution is 5.28. The minimum absolute atomic E-state index is 0.181. The Balaban J connectivity index is 1.88. The summed E-state index contributed by atoms with van der Waals surface area (Å²) in [6.45, 7) is 6.88. The maximum Gasteiger partial charge on any atom is 0.0309 e. The molecule has 1 aromatic rings. The molecular formula is C16H26N2. The first kappa shape index (κ1) is 13.6. The molecule has 0 spiro atoms. The van der Waals surface area contributed by atoms with E-state index in [1.165, 1.54) is 36.9 Å². The molecule has 2 rings (SSSR count). The minimum atomic E-state index is 0.181. The molecule has 1 heterocycles.